The van der Waals surface area contributed by atoms with Gasteiger partial charge in [-0.3, -0.25) is 0 Å². The third-order valence-corrected chi connectivity index (χ3v) is 3.97. The lowest BCUT2D eigenvalue weighted by atomic mass is 10.1. The van der Waals surface area contributed by atoms with E-state index in [0.717, 1.165) is 11.1 Å². The summed E-state index contributed by atoms with van der Waals surface area (Å²) in [7, 11) is 3.18. The molecule has 0 spiro atoms. The van der Waals surface area contributed by atoms with Gasteiger partial charge in [0.1, 0.15) is 5.82 Å². The van der Waals surface area contributed by atoms with Crippen molar-refractivity contribution in [1.29, 1.82) is 0 Å². The van der Waals surface area contributed by atoms with Crippen molar-refractivity contribution in [2.45, 2.75) is 11.4 Å². The number of aryl methyl sites for hydroxylation is 1. The first-order valence-electron chi connectivity index (χ1n) is 5.20. The Hall–Kier alpha value is -1.33. The van der Waals surface area contributed by atoms with Gasteiger partial charge in [-0.2, -0.15) is 0 Å². The molecule has 6 heteroatoms. The standard InChI is InChI=1S/C12H11ClFNO2S/c1-15-8-10(7-12(15)18(13,16)17)6-9-2-4-11(14)5-3-9/h2-5,7-8H,6H2,1H3. The fraction of sp³-hybridized carbons (Fsp3) is 0.167. The minimum atomic E-state index is -3.74. The molecule has 0 aliphatic carbocycles. The van der Waals surface area contributed by atoms with Crippen molar-refractivity contribution in [3.05, 3.63) is 53.5 Å². The molecular formula is C12H11ClFNO2S. The lowest BCUT2D eigenvalue weighted by Gasteiger charge is -1.98. The molecule has 0 amide bonds. The molecule has 96 valence electrons. The normalized spacial score (nSPS) is 11.7. The van der Waals surface area contributed by atoms with Crippen molar-refractivity contribution in [3.8, 4) is 0 Å². The molecule has 0 saturated heterocycles. The van der Waals surface area contributed by atoms with Gasteiger partial charge in [-0.1, -0.05) is 12.1 Å². The summed E-state index contributed by atoms with van der Waals surface area (Å²) in [5.74, 6) is -0.296. The van der Waals surface area contributed by atoms with E-state index in [2.05, 4.69) is 0 Å². The Morgan fingerprint density at radius 3 is 2.33 bits per heavy atom. The fourth-order valence-electron chi connectivity index (χ4n) is 1.79. The number of hydrogen-bond donors (Lipinski definition) is 0. The first-order valence-corrected chi connectivity index (χ1v) is 7.51. The number of aromatic nitrogens is 1. The minimum Gasteiger partial charge on any atom is -0.341 e. The highest BCUT2D eigenvalue weighted by atomic mass is 35.7. The van der Waals surface area contributed by atoms with Gasteiger partial charge >= 0.3 is 0 Å². The van der Waals surface area contributed by atoms with Crippen LogP contribution in [0.4, 0.5) is 4.39 Å². The number of nitrogens with zero attached hydrogens (tertiary/aromatic N) is 1. The largest absolute Gasteiger partial charge is 0.341 e. The third-order valence-electron chi connectivity index (χ3n) is 2.59. The van der Waals surface area contributed by atoms with Gasteiger partial charge in [0.25, 0.3) is 9.05 Å². The summed E-state index contributed by atoms with van der Waals surface area (Å²) in [5.41, 5.74) is 1.71. The molecule has 18 heavy (non-hydrogen) atoms. The van der Waals surface area contributed by atoms with E-state index in [1.165, 1.54) is 22.8 Å². The van der Waals surface area contributed by atoms with E-state index in [9.17, 15) is 12.8 Å². The van der Waals surface area contributed by atoms with Crippen molar-refractivity contribution in [2.75, 3.05) is 0 Å². The van der Waals surface area contributed by atoms with E-state index in [1.54, 1.807) is 25.4 Å². The van der Waals surface area contributed by atoms with Crippen LogP contribution in [0, 0.1) is 5.82 Å². The number of benzene rings is 1. The Kier molecular flexibility index (Phi) is 3.45. The van der Waals surface area contributed by atoms with Crippen LogP contribution >= 0.6 is 10.7 Å². The molecule has 0 radical (unpaired) electrons. The number of hydrogen-bond acceptors (Lipinski definition) is 2. The molecule has 0 fully saturated rings. The van der Waals surface area contributed by atoms with Crippen LogP contribution in [0.5, 0.6) is 0 Å². The van der Waals surface area contributed by atoms with Crippen LogP contribution in [-0.2, 0) is 22.5 Å². The van der Waals surface area contributed by atoms with Crippen LogP contribution in [0.25, 0.3) is 0 Å². The van der Waals surface area contributed by atoms with Gasteiger partial charge in [-0.15, -0.1) is 0 Å². The average Bonchev–Trinajstić information content (AvgIpc) is 2.63. The molecule has 1 aromatic carbocycles. The smallest absolute Gasteiger partial charge is 0.276 e. The van der Waals surface area contributed by atoms with Gasteiger partial charge in [0.2, 0.25) is 0 Å². The summed E-state index contributed by atoms with van der Waals surface area (Å²) in [5, 5.41) is 0.0567. The average molecular weight is 288 g/mol. The van der Waals surface area contributed by atoms with Crippen molar-refractivity contribution >= 4 is 19.7 Å². The summed E-state index contributed by atoms with van der Waals surface area (Å²) < 4.78 is 36.7. The lowest BCUT2D eigenvalue weighted by molar-refractivity contribution is 0.600. The quantitative estimate of drug-likeness (QED) is 0.814. The Bertz CT molecular complexity index is 662. The summed E-state index contributed by atoms with van der Waals surface area (Å²) in [4.78, 5) is 0. The van der Waals surface area contributed by atoms with Crippen molar-refractivity contribution < 1.29 is 12.8 Å². The summed E-state index contributed by atoms with van der Waals surface area (Å²) in [6, 6.07) is 7.59. The predicted octanol–water partition coefficient (Wildman–Crippen LogP) is 2.68. The molecule has 1 heterocycles. The highest BCUT2D eigenvalue weighted by Gasteiger charge is 2.15. The predicted molar refractivity (Wildman–Crippen MR) is 67.7 cm³/mol. The first kappa shape index (κ1) is 13.1. The molecule has 0 aliphatic heterocycles. The lowest BCUT2D eigenvalue weighted by Crippen LogP contribution is -1.97. The first-order chi connectivity index (χ1) is 8.36. The Balaban J connectivity index is 2.28. The molecule has 3 nitrogen and oxygen atoms in total. The molecule has 0 unspecified atom stereocenters. The zero-order valence-electron chi connectivity index (χ0n) is 9.60. The van der Waals surface area contributed by atoms with Gasteiger partial charge in [-0.05, 0) is 35.7 Å². The second-order valence-electron chi connectivity index (χ2n) is 4.04. The van der Waals surface area contributed by atoms with Crippen LogP contribution < -0.4 is 0 Å². The Morgan fingerprint density at radius 2 is 1.83 bits per heavy atom. The molecule has 0 bridgehead atoms. The van der Waals surface area contributed by atoms with Gasteiger partial charge in [-0.25, -0.2) is 12.8 Å². The molecular weight excluding hydrogens is 277 g/mol. The van der Waals surface area contributed by atoms with Crippen molar-refractivity contribution in [3.63, 3.8) is 0 Å². The van der Waals surface area contributed by atoms with E-state index >= 15 is 0 Å². The summed E-state index contributed by atoms with van der Waals surface area (Å²) in [6.45, 7) is 0. The van der Waals surface area contributed by atoms with E-state index in [-0.39, 0.29) is 10.8 Å². The van der Waals surface area contributed by atoms with Crippen LogP contribution in [0.2, 0.25) is 0 Å². The van der Waals surface area contributed by atoms with Crippen LogP contribution in [0.15, 0.2) is 41.6 Å². The summed E-state index contributed by atoms with van der Waals surface area (Å²) >= 11 is 0. The maximum absolute atomic E-state index is 12.7. The number of rotatable bonds is 3. The summed E-state index contributed by atoms with van der Waals surface area (Å²) in [6.07, 6.45) is 2.22. The number of halogens is 2. The molecule has 2 rings (SSSR count). The second kappa shape index (κ2) is 4.74. The maximum atomic E-state index is 12.7. The molecule has 0 aliphatic rings. The Morgan fingerprint density at radius 1 is 1.22 bits per heavy atom. The topological polar surface area (TPSA) is 39.1 Å². The zero-order chi connectivity index (χ0) is 13.3. The molecule has 0 saturated carbocycles. The van der Waals surface area contributed by atoms with E-state index in [0.29, 0.717) is 6.42 Å². The second-order valence-corrected chi connectivity index (χ2v) is 6.55. The van der Waals surface area contributed by atoms with Gasteiger partial charge < -0.3 is 4.57 Å². The molecule has 2 aromatic rings. The maximum Gasteiger partial charge on any atom is 0.276 e. The van der Waals surface area contributed by atoms with Crippen LogP contribution in [-0.4, -0.2) is 13.0 Å². The Labute approximate surface area is 109 Å². The van der Waals surface area contributed by atoms with Crippen molar-refractivity contribution in [2.24, 2.45) is 7.05 Å². The van der Waals surface area contributed by atoms with Gasteiger partial charge in [0, 0.05) is 23.9 Å². The van der Waals surface area contributed by atoms with E-state index in [4.69, 9.17) is 10.7 Å². The van der Waals surface area contributed by atoms with E-state index < -0.39 is 9.05 Å². The molecule has 1 aromatic heterocycles. The minimum absolute atomic E-state index is 0.0567. The highest BCUT2D eigenvalue weighted by molar-refractivity contribution is 8.13. The SMILES string of the molecule is Cn1cc(Cc2ccc(F)cc2)cc1S(=O)(=O)Cl. The van der Waals surface area contributed by atoms with Crippen LogP contribution in [0.3, 0.4) is 0 Å². The van der Waals surface area contributed by atoms with Gasteiger partial charge in [0.15, 0.2) is 5.03 Å². The zero-order valence-corrected chi connectivity index (χ0v) is 11.2. The van der Waals surface area contributed by atoms with Crippen molar-refractivity contribution in [1.82, 2.24) is 4.57 Å². The highest BCUT2D eigenvalue weighted by Crippen LogP contribution is 2.19. The van der Waals surface area contributed by atoms with E-state index in [1.807, 2.05) is 0 Å². The monoisotopic (exact) mass is 287 g/mol. The fourth-order valence-corrected chi connectivity index (χ4v) is 2.94. The molecule has 0 atom stereocenters. The third kappa shape index (κ3) is 2.91. The van der Waals surface area contributed by atoms with Crippen LogP contribution in [0.1, 0.15) is 11.1 Å². The molecule has 0 N–H and O–H groups in total. The van der Waals surface area contributed by atoms with Gasteiger partial charge in [0.05, 0.1) is 0 Å².